The summed E-state index contributed by atoms with van der Waals surface area (Å²) >= 11 is 0. The van der Waals surface area contributed by atoms with Gasteiger partial charge in [-0.05, 0) is 19.1 Å². The fraction of sp³-hybridized carbons (Fsp3) is 0.333. The van der Waals surface area contributed by atoms with Crippen LogP contribution in [-0.4, -0.2) is 6.61 Å². The molecule has 4 N–H and O–H groups in total. The molecule has 1 aromatic rings. The first kappa shape index (κ1) is 8.87. The molecule has 0 spiro atoms. The number of rotatable bonds is 3. The maximum absolute atomic E-state index is 5.70. The van der Waals surface area contributed by atoms with E-state index in [0.717, 1.165) is 5.56 Å². The molecule has 0 bridgehead atoms. The van der Waals surface area contributed by atoms with Crippen LogP contribution < -0.4 is 11.5 Å². The second-order valence-corrected chi connectivity index (χ2v) is 2.60. The molecule has 66 valence electrons. The average molecular weight is 166 g/mol. The number of hydrogen-bond donors (Lipinski definition) is 2. The van der Waals surface area contributed by atoms with Gasteiger partial charge in [0.1, 0.15) is 0 Å². The molecule has 0 radical (unpaired) electrons. The Balaban J connectivity index is 2.72. The normalized spacial score (nSPS) is 10.1. The summed E-state index contributed by atoms with van der Waals surface area (Å²) in [7, 11) is 0. The van der Waals surface area contributed by atoms with Crippen LogP contribution in [0.5, 0.6) is 0 Å². The summed E-state index contributed by atoms with van der Waals surface area (Å²) in [4.78, 5) is 0. The third kappa shape index (κ3) is 2.13. The molecule has 0 aliphatic heterocycles. The lowest BCUT2D eigenvalue weighted by Gasteiger charge is -2.05. The maximum Gasteiger partial charge on any atom is 0.0736 e. The van der Waals surface area contributed by atoms with E-state index < -0.39 is 0 Å². The largest absolute Gasteiger partial charge is 0.399 e. The lowest BCUT2D eigenvalue weighted by atomic mass is 10.2. The fourth-order valence-corrected chi connectivity index (χ4v) is 0.957. The van der Waals surface area contributed by atoms with Crippen molar-refractivity contribution < 1.29 is 4.74 Å². The first-order valence-electron chi connectivity index (χ1n) is 3.95. The van der Waals surface area contributed by atoms with E-state index in [1.54, 1.807) is 6.07 Å². The first-order valence-corrected chi connectivity index (χ1v) is 3.95. The smallest absolute Gasteiger partial charge is 0.0736 e. The maximum atomic E-state index is 5.70. The second kappa shape index (κ2) is 3.97. The molecule has 12 heavy (non-hydrogen) atoms. The Morgan fingerprint density at radius 3 is 2.67 bits per heavy atom. The van der Waals surface area contributed by atoms with Gasteiger partial charge in [0.05, 0.1) is 6.61 Å². The van der Waals surface area contributed by atoms with Crippen LogP contribution in [0.3, 0.4) is 0 Å². The van der Waals surface area contributed by atoms with E-state index in [-0.39, 0.29) is 0 Å². The van der Waals surface area contributed by atoms with Crippen LogP contribution in [-0.2, 0) is 11.3 Å². The van der Waals surface area contributed by atoms with Gasteiger partial charge in [-0.3, -0.25) is 0 Å². The van der Waals surface area contributed by atoms with Gasteiger partial charge >= 0.3 is 0 Å². The van der Waals surface area contributed by atoms with Gasteiger partial charge in [-0.25, -0.2) is 0 Å². The van der Waals surface area contributed by atoms with Crippen molar-refractivity contribution in [2.45, 2.75) is 13.5 Å². The Bertz CT molecular complexity index is 261. The first-order chi connectivity index (χ1) is 5.74. The summed E-state index contributed by atoms with van der Waals surface area (Å²) < 4.78 is 5.22. The number of nitrogens with two attached hydrogens (primary N) is 2. The third-order valence-electron chi connectivity index (χ3n) is 1.63. The number of anilines is 2. The zero-order valence-electron chi connectivity index (χ0n) is 7.21. The van der Waals surface area contributed by atoms with Gasteiger partial charge in [0, 0.05) is 23.5 Å². The number of benzene rings is 1. The van der Waals surface area contributed by atoms with E-state index in [4.69, 9.17) is 16.2 Å². The highest BCUT2D eigenvalue weighted by Crippen LogP contribution is 2.16. The van der Waals surface area contributed by atoms with E-state index in [1.165, 1.54) is 0 Å². The Labute approximate surface area is 72.3 Å². The summed E-state index contributed by atoms with van der Waals surface area (Å²) in [6, 6.07) is 5.46. The summed E-state index contributed by atoms with van der Waals surface area (Å²) in [6.45, 7) is 3.21. The highest BCUT2D eigenvalue weighted by Gasteiger charge is 1.98. The molecule has 0 amide bonds. The summed E-state index contributed by atoms with van der Waals surface area (Å²) in [6.07, 6.45) is 0. The minimum absolute atomic E-state index is 0.558. The van der Waals surface area contributed by atoms with Crippen molar-refractivity contribution in [2.24, 2.45) is 0 Å². The third-order valence-corrected chi connectivity index (χ3v) is 1.63. The van der Waals surface area contributed by atoms with Gasteiger partial charge in [-0.1, -0.05) is 6.07 Å². The van der Waals surface area contributed by atoms with Gasteiger partial charge in [-0.2, -0.15) is 0 Å². The molecule has 0 aliphatic carbocycles. The van der Waals surface area contributed by atoms with Gasteiger partial charge < -0.3 is 16.2 Å². The summed E-state index contributed by atoms with van der Waals surface area (Å²) in [5.41, 5.74) is 13.6. The predicted octanol–water partition coefficient (Wildman–Crippen LogP) is 1.39. The highest BCUT2D eigenvalue weighted by molar-refractivity contribution is 5.56. The van der Waals surface area contributed by atoms with E-state index in [0.29, 0.717) is 24.6 Å². The zero-order valence-corrected chi connectivity index (χ0v) is 7.21. The molecule has 0 aromatic heterocycles. The van der Waals surface area contributed by atoms with Crippen LogP contribution in [0.2, 0.25) is 0 Å². The Kier molecular flexibility index (Phi) is 2.94. The Morgan fingerprint density at radius 2 is 2.08 bits per heavy atom. The molecule has 1 rings (SSSR count). The van der Waals surface area contributed by atoms with Crippen molar-refractivity contribution in [3.8, 4) is 0 Å². The van der Waals surface area contributed by atoms with Crippen molar-refractivity contribution in [3.63, 3.8) is 0 Å². The van der Waals surface area contributed by atoms with Crippen molar-refractivity contribution in [3.05, 3.63) is 23.8 Å². The standard InChI is InChI=1S/C9H14N2O/c1-2-12-6-7-3-4-8(10)5-9(7)11/h3-5H,2,6,10-11H2,1H3. The monoisotopic (exact) mass is 166 g/mol. The van der Waals surface area contributed by atoms with Crippen molar-refractivity contribution in [2.75, 3.05) is 18.1 Å². The molecule has 0 saturated heterocycles. The Hall–Kier alpha value is -1.22. The fourth-order valence-electron chi connectivity index (χ4n) is 0.957. The van der Waals surface area contributed by atoms with Crippen LogP contribution in [0.4, 0.5) is 11.4 Å². The predicted molar refractivity (Wildman–Crippen MR) is 50.6 cm³/mol. The average Bonchev–Trinajstić information content (AvgIpc) is 2.03. The van der Waals surface area contributed by atoms with Gasteiger partial charge in [-0.15, -0.1) is 0 Å². The van der Waals surface area contributed by atoms with E-state index in [9.17, 15) is 0 Å². The summed E-state index contributed by atoms with van der Waals surface area (Å²) in [5.74, 6) is 0. The van der Waals surface area contributed by atoms with Crippen molar-refractivity contribution in [1.82, 2.24) is 0 Å². The van der Waals surface area contributed by atoms with Crippen LogP contribution in [0.1, 0.15) is 12.5 Å². The molecule has 0 unspecified atom stereocenters. The molecule has 0 fully saturated rings. The van der Waals surface area contributed by atoms with Gasteiger partial charge in [0.15, 0.2) is 0 Å². The molecule has 3 nitrogen and oxygen atoms in total. The highest BCUT2D eigenvalue weighted by atomic mass is 16.5. The SMILES string of the molecule is CCOCc1ccc(N)cc1N. The number of nitrogen functional groups attached to an aromatic ring is 2. The Morgan fingerprint density at radius 1 is 1.33 bits per heavy atom. The zero-order chi connectivity index (χ0) is 8.97. The molecule has 0 atom stereocenters. The quantitative estimate of drug-likeness (QED) is 0.667. The summed E-state index contributed by atoms with van der Waals surface area (Å²) in [5, 5.41) is 0. The van der Waals surface area contributed by atoms with Crippen LogP contribution in [0.15, 0.2) is 18.2 Å². The molecule has 0 aliphatic rings. The van der Waals surface area contributed by atoms with E-state index >= 15 is 0 Å². The molecule has 0 saturated carbocycles. The lowest BCUT2D eigenvalue weighted by molar-refractivity contribution is 0.134. The minimum Gasteiger partial charge on any atom is -0.399 e. The van der Waals surface area contributed by atoms with Crippen molar-refractivity contribution >= 4 is 11.4 Å². The molecular weight excluding hydrogens is 152 g/mol. The molecule has 3 heteroatoms. The molecular formula is C9H14N2O. The van der Waals surface area contributed by atoms with Crippen LogP contribution in [0.25, 0.3) is 0 Å². The number of hydrogen-bond acceptors (Lipinski definition) is 3. The topological polar surface area (TPSA) is 61.3 Å². The molecule has 0 heterocycles. The second-order valence-electron chi connectivity index (χ2n) is 2.60. The van der Waals surface area contributed by atoms with Gasteiger partial charge in [0.2, 0.25) is 0 Å². The van der Waals surface area contributed by atoms with Crippen molar-refractivity contribution in [1.29, 1.82) is 0 Å². The molecule has 1 aromatic carbocycles. The van der Waals surface area contributed by atoms with Crippen LogP contribution in [0, 0.1) is 0 Å². The minimum atomic E-state index is 0.558. The van der Waals surface area contributed by atoms with E-state index in [1.807, 2.05) is 19.1 Å². The number of ether oxygens (including phenoxy) is 1. The van der Waals surface area contributed by atoms with Crippen LogP contribution >= 0.6 is 0 Å². The van der Waals surface area contributed by atoms with Gasteiger partial charge in [0.25, 0.3) is 0 Å². The lowest BCUT2D eigenvalue weighted by Crippen LogP contribution is -1.98. The van der Waals surface area contributed by atoms with E-state index in [2.05, 4.69) is 0 Å².